The van der Waals surface area contributed by atoms with Gasteiger partial charge in [-0.15, -0.1) is 0 Å². The predicted molar refractivity (Wildman–Crippen MR) is 73.1 cm³/mol. The summed E-state index contributed by atoms with van der Waals surface area (Å²) in [5.74, 6) is 0.803. The highest BCUT2D eigenvalue weighted by molar-refractivity contribution is 9.10. The van der Waals surface area contributed by atoms with Crippen LogP contribution < -0.4 is 5.32 Å². The van der Waals surface area contributed by atoms with Gasteiger partial charge in [-0.3, -0.25) is 5.10 Å². The van der Waals surface area contributed by atoms with Crippen LogP contribution in [-0.2, 0) is 6.42 Å². The van der Waals surface area contributed by atoms with Crippen LogP contribution in [0.1, 0.15) is 18.4 Å². The van der Waals surface area contributed by atoms with Crippen LogP contribution in [0.4, 0.5) is 0 Å². The minimum atomic E-state index is 0.803. The number of benzene rings is 1. The third-order valence-corrected chi connectivity index (χ3v) is 4.19. The molecule has 90 valence electrons. The van der Waals surface area contributed by atoms with Gasteiger partial charge in [-0.1, -0.05) is 18.2 Å². The molecule has 1 saturated heterocycles. The Morgan fingerprint density at radius 1 is 1.29 bits per heavy atom. The second-order valence-electron chi connectivity index (χ2n) is 4.75. The van der Waals surface area contributed by atoms with Gasteiger partial charge in [0.1, 0.15) is 4.60 Å². The van der Waals surface area contributed by atoms with Crippen molar-refractivity contribution in [3.05, 3.63) is 28.4 Å². The van der Waals surface area contributed by atoms with E-state index in [1.54, 1.807) is 0 Å². The van der Waals surface area contributed by atoms with Gasteiger partial charge in [-0.2, -0.15) is 5.10 Å². The Morgan fingerprint density at radius 3 is 2.94 bits per heavy atom. The quantitative estimate of drug-likeness (QED) is 0.894. The van der Waals surface area contributed by atoms with Crippen molar-refractivity contribution < 1.29 is 0 Å². The summed E-state index contributed by atoms with van der Waals surface area (Å²) in [7, 11) is 0. The molecule has 3 rings (SSSR count). The monoisotopic (exact) mass is 293 g/mol. The zero-order chi connectivity index (χ0) is 11.7. The summed E-state index contributed by atoms with van der Waals surface area (Å²) in [5, 5.41) is 12.0. The molecule has 1 aromatic carbocycles. The van der Waals surface area contributed by atoms with Crippen LogP contribution in [0.3, 0.4) is 0 Å². The average Bonchev–Trinajstić information content (AvgIpc) is 2.74. The second-order valence-corrected chi connectivity index (χ2v) is 5.54. The van der Waals surface area contributed by atoms with Crippen LogP contribution in [0.5, 0.6) is 0 Å². The van der Waals surface area contributed by atoms with Crippen molar-refractivity contribution in [1.29, 1.82) is 0 Å². The Kier molecular flexibility index (Phi) is 3.16. The first kappa shape index (κ1) is 11.2. The van der Waals surface area contributed by atoms with Crippen molar-refractivity contribution in [1.82, 2.24) is 15.5 Å². The number of hydrogen-bond acceptors (Lipinski definition) is 2. The molecule has 3 nitrogen and oxygen atoms in total. The summed E-state index contributed by atoms with van der Waals surface area (Å²) < 4.78 is 0.986. The Labute approximate surface area is 109 Å². The highest BCUT2D eigenvalue weighted by atomic mass is 79.9. The lowest BCUT2D eigenvalue weighted by Crippen LogP contribution is -2.28. The van der Waals surface area contributed by atoms with Gasteiger partial charge in [0.25, 0.3) is 0 Å². The van der Waals surface area contributed by atoms with Crippen LogP contribution in [0, 0.1) is 5.92 Å². The summed E-state index contributed by atoms with van der Waals surface area (Å²) >= 11 is 3.50. The lowest BCUT2D eigenvalue weighted by atomic mass is 9.90. The summed E-state index contributed by atoms with van der Waals surface area (Å²) in [4.78, 5) is 0. The number of piperidine rings is 1. The number of nitrogens with one attached hydrogen (secondary N) is 2. The fraction of sp³-hybridized carbons (Fsp3) is 0.462. The van der Waals surface area contributed by atoms with E-state index in [1.165, 1.54) is 23.8 Å². The van der Waals surface area contributed by atoms with Gasteiger partial charge in [0.15, 0.2) is 0 Å². The molecule has 1 aromatic heterocycles. The molecule has 0 spiro atoms. The first-order valence-corrected chi connectivity index (χ1v) is 6.96. The predicted octanol–water partition coefficient (Wildman–Crippen LogP) is 2.87. The van der Waals surface area contributed by atoms with Gasteiger partial charge in [0.2, 0.25) is 0 Å². The summed E-state index contributed by atoms with van der Waals surface area (Å²) in [6, 6.07) is 6.44. The minimum Gasteiger partial charge on any atom is -0.317 e. The van der Waals surface area contributed by atoms with Gasteiger partial charge in [-0.25, -0.2) is 0 Å². The fourth-order valence-corrected chi connectivity index (χ4v) is 3.04. The smallest absolute Gasteiger partial charge is 0.108 e. The van der Waals surface area contributed by atoms with Crippen LogP contribution in [-0.4, -0.2) is 23.3 Å². The molecule has 0 radical (unpaired) electrons. The highest BCUT2D eigenvalue weighted by Gasteiger charge is 2.16. The molecule has 4 heteroatoms. The average molecular weight is 294 g/mol. The topological polar surface area (TPSA) is 40.7 Å². The van der Waals surface area contributed by atoms with Gasteiger partial charge >= 0.3 is 0 Å². The van der Waals surface area contributed by atoms with Crippen LogP contribution in [0.25, 0.3) is 10.9 Å². The number of aromatic amines is 1. The molecular formula is C13H16BrN3. The largest absolute Gasteiger partial charge is 0.317 e. The normalized spacial score (nSPS) is 17.7. The molecule has 0 saturated carbocycles. The number of rotatable bonds is 2. The summed E-state index contributed by atoms with van der Waals surface area (Å²) in [6.45, 7) is 2.32. The van der Waals surface area contributed by atoms with E-state index < -0.39 is 0 Å². The Hall–Kier alpha value is -0.870. The maximum Gasteiger partial charge on any atom is 0.108 e. The van der Waals surface area contributed by atoms with E-state index in [2.05, 4.69) is 49.6 Å². The van der Waals surface area contributed by atoms with Gasteiger partial charge < -0.3 is 5.32 Å². The number of para-hydroxylation sites is 1. The first-order valence-electron chi connectivity index (χ1n) is 6.17. The molecule has 0 unspecified atom stereocenters. The van der Waals surface area contributed by atoms with Gasteiger partial charge in [0.05, 0.1) is 5.52 Å². The van der Waals surface area contributed by atoms with Crippen molar-refractivity contribution in [3.8, 4) is 0 Å². The van der Waals surface area contributed by atoms with Crippen molar-refractivity contribution >= 4 is 26.8 Å². The van der Waals surface area contributed by atoms with Gasteiger partial charge in [-0.05, 0) is 59.8 Å². The molecule has 0 aliphatic carbocycles. The Bertz CT molecular complexity index is 514. The molecule has 2 aromatic rings. The van der Waals surface area contributed by atoms with Crippen molar-refractivity contribution in [2.24, 2.45) is 5.92 Å². The Balaban J connectivity index is 1.89. The van der Waals surface area contributed by atoms with E-state index in [-0.39, 0.29) is 0 Å². The maximum atomic E-state index is 4.40. The molecule has 1 aliphatic heterocycles. The summed E-state index contributed by atoms with van der Waals surface area (Å²) in [5.41, 5.74) is 2.49. The van der Waals surface area contributed by atoms with Gasteiger partial charge in [0, 0.05) is 5.39 Å². The van der Waals surface area contributed by atoms with E-state index in [9.17, 15) is 0 Å². The maximum absolute atomic E-state index is 4.40. The highest BCUT2D eigenvalue weighted by Crippen LogP contribution is 2.27. The molecule has 0 amide bonds. The third kappa shape index (κ3) is 2.24. The van der Waals surface area contributed by atoms with Crippen molar-refractivity contribution in [2.75, 3.05) is 13.1 Å². The zero-order valence-corrected chi connectivity index (χ0v) is 11.3. The Morgan fingerprint density at radius 2 is 2.12 bits per heavy atom. The SMILES string of the molecule is Brc1[nH]nc2c(CC3CCNCC3)cccc12. The molecule has 0 atom stereocenters. The van der Waals surface area contributed by atoms with Crippen LogP contribution in [0.2, 0.25) is 0 Å². The molecule has 1 fully saturated rings. The number of fused-ring (bicyclic) bond motifs is 1. The lowest BCUT2D eigenvalue weighted by Gasteiger charge is -2.22. The lowest BCUT2D eigenvalue weighted by molar-refractivity contribution is 0.373. The van der Waals surface area contributed by atoms with Crippen LogP contribution in [0.15, 0.2) is 22.8 Å². The number of halogens is 1. The molecule has 2 heterocycles. The van der Waals surface area contributed by atoms with E-state index in [4.69, 9.17) is 0 Å². The molecule has 17 heavy (non-hydrogen) atoms. The first-order chi connectivity index (χ1) is 8.34. The third-order valence-electron chi connectivity index (χ3n) is 3.59. The molecular weight excluding hydrogens is 278 g/mol. The standard InChI is InChI=1S/C13H16BrN3/c14-13-11-3-1-2-10(12(11)16-17-13)8-9-4-6-15-7-5-9/h1-3,9,15H,4-8H2,(H,16,17). The van der Waals surface area contributed by atoms with E-state index in [0.717, 1.165) is 35.5 Å². The number of hydrogen-bond donors (Lipinski definition) is 2. The number of aromatic nitrogens is 2. The minimum absolute atomic E-state index is 0.803. The zero-order valence-electron chi connectivity index (χ0n) is 9.67. The second kappa shape index (κ2) is 4.78. The van der Waals surface area contributed by atoms with E-state index in [1.807, 2.05) is 0 Å². The molecule has 1 aliphatic rings. The van der Waals surface area contributed by atoms with E-state index in [0.29, 0.717) is 0 Å². The van der Waals surface area contributed by atoms with Crippen molar-refractivity contribution in [3.63, 3.8) is 0 Å². The number of H-pyrrole nitrogens is 1. The fourth-order valence-electron chi connectivity index (χ4n) is 2.63. The van der Waals surface area contributed by atoms with Crippen molar-refractivity contribution in [2.45, 2.75) is 19.3 Å². The van der Waals surface area contributed by atoms with Crippen LogP contribution >= 0.6 is 15.9 Å². The summed E-state index contributed by atoms with van der Waals surface area (Å²) in [6.07, 6.45) is 3.71. The molecule has 2 N–H and O–H groups in total. The molecule has 0 bridgehead atoms. The number of nitrogens with zero attached hydrogens (tertiary/aromatic N) is 1. The van der Waals surface area contributed by atoms with E-state index >= 15 is 0 Å².